The maximum absolute atomic E-state index is 12.0. The van der Waals surface area contributed by atoms with Crippen LogP contribution in [0.5, 0.6) is 0 Å². The standard InChI is InChI=1S/C13H18N4O4/c1-3-15-10-5-4-9(7-11(10)17(20)21)13(19)16-8(2)6-12(14)18/h4-5,7-8,15H,3,6H2,1-2H3,(H2,14,18)(H,16,19). The minimum atomic E-state index is -0.554. The number of benzene rings is 1. The van der Waals surface area contributed by atoms with E-state index in [1.165, 1.54) is 18.2 Å². The molecule has 0 bridgehead atoms. The summed E-state index contributed by atoms with van der Waals surface area (Å²) in [7, 11) is 0. The van der Waals surface area contributed by atoms with Gasteiger partial charge in [0, 0.05) is 30.6 Å². The van der Waals surface area contributed by atoms with Crippen molar-refractivity contribution in [2.45, 2.75) is 26.3 Å². The van der Waals surface area contributed by atoms with Crippen LogP contribution in [0.2, 0.25) is 0 Å². The lowest BCUT2D eigenvalue weighted by Gasteiger charge is -2.12. The third-order valence-electron chi connectivity index (χ3n) is 2.71. The normalized spacial score (nSPS) is 11.5. The lowest BCUT2D eigenvalue weighted by Crippen LogP contribution is -2.35. The monoisotopic (exact) mass is 294 g/mol. The van der Waals surface area contributed by atoms with E-state index in [0.717, 1.165) is 0 Å². The minimum absolute atomic E-state index is 0.00328. The molecule has 0 saturated carbocycles. The Morgan fingerprint density at radius 1 is 1.43 bits per heavy atom. The van der Waals surface area contributed by atoms with Crippen LogP contribution in [-0.2, 0) is 4.79 Å². The Kier molecular flexibility index (Phi) is 5.65. The number of primary amides is 1. The Morgan fingerprint density at radius 2 is 2.10 bits per heavy atom. The first-order chi connectivity index (χ1) is 9.85. The van der Waals surface area contributed by atoms with Crippen LogP contribution in [-0.4, -0.2) is 29.3 Å². The number of nitrogens with one attached hydrogen (secondary N) is 2. The highest BCUT2D eigenvalue weighted by Crippen LogP contribution is 2.25. The number of nitrogens with two attached hydrogens (primary N) is 1. The second-order valence-electron chi connectivity index (χ2n) is 4.56. The third-order valence-corrected chi connectivity index (χ3v) is 2.71. The Bertz CT molecular complexity index is 559. The first kappa shape index (κ1) is 16.4. The fourth-order valence-corrected chi connectivity index (χ4v) is 1.82. The van der Waals surface area contributed by atoms with Gasteiger partial charge in [0.25, 0.3) is 11.6 Å². The van der Waals surface area contributed by atoms with E-state index in [4.69, 9.17) is 5.73 Å². The smallest absolute Gasteiger partial charge is 0.293 e. The minimum Gasteiger partial charge on any atom is -0.380 e. The number of nitrogens with zero attached hydrogens (tertiary/aromatic N) is 1. The van der Waals surface area contributed by atoms with Gasteiger partial charge in [-0.1, -0.05) is 0 Å². The van der Waals surface area contributed by atoms with Crippen LogP contribution in [0.1, 0.15) is 30.6 Å². The van der Waals surface area contributed by atoms with Gasteiger partial charge in [0.05, 0.1) is 4.92 Å². The molecule has 0 saturated heterocycles. The number of anilines is 1. The molecule has 4 N–H and O–H groups in total. The number of nitro benzene ring substituents is 1. The number of hydrogen-bond acceptors (Lipinski definition) is 5. The van der Waals surface area contributed by atoms with Crippen LogP contribution in [0.15, 0.2) is 18.2 Å². The van der Waals surface area contributed by atoms with Crippen molar-refractivity contribution in [2.24, 2.45) is 5.73 Å². The second-order valence-corrected chi connectivity index (χ2v) is 4.56. The zero-order valence-corrected chi connectivity index (χ0v) is 11.9. The maximum Gasteiger partial charge on any atom is 0.293 e. The molecule has 1 aromatic carbocycles. The van der Waals surface area contributed by atoms with Crippen molar-refractivity contribution >= 4 is 23.2 Å². The molecule has 1 unspecified atom stereocenters. The molecule has 2 amide bonds. The molecule has 8 heteroatoms. The van der Waals surface area contributed by atoms with Crippen LogP contribution < -0.4 is 16.4 Å². The van der Waals surface area contributed by atoms with E-state index >= 15 is 0 Å². The molecular formula is C13H18N4O4. The third kappa shape index (κ3) is 4.75. The molecule has 0 spiro atoms. The van der Waals surface area contributed by atoms with Crippen LogP contribution in [0.25, 0.3) is 0 Å². The molecule has 114 valence electrons. The number of amides is 2. The van der Waals surface area contributed by atoms with Crippen LogP contribution in [0, 0.1) is 10.1 Å². The van der Waals surface area contributed by atoms with Crippen molar-refractivity contribution in [1.82, 2.24) is 5.32 Å². The molecule has 0 aliphatic heterocycles. The van der Waals surface area contributed by atoms with Crippen LogP contribution in [0.3, 0.4) is 0 Å². The summed E-state index contributed by atoms with van der Waals surface area (Å²) in [4.78, 5) is 33.2. The number of rotatable bonds is 7. The molecule has 0 aliphatic rings. The van der Waals surface area contributed by atoms with E-state index in [1.807, 2.05) is 6.92 Å². The highest BCUT2D eigenvalue weighted by atomic mass is 16.6. The molecule has 1 aromatic rings. The van der Waals surface area contributed by atoms with Gasteiger partial charge in [0.2, 0.25) is 5.91 Å². The SMILES string of the molecule is CCNc1ccc(C(=O)NC(C)CC(N)=O)cc1[N+](=O)[O-]. The quantitative estimate of drug-likeness (QED) is 0.511. The van der Waals surface area contributed by atoms with E-state index in [2.05, 4.69) is 10.6 Å². The van der Waals surface area contributed by atoms with E-state index in [0.29, 0.717) is 12.2 Å². The van der Waals surface area contributed by atoms with Gasteiger partial charge in [-0.2, -0.15) is 0 Å². The summed E-state index contributed by atoms with van der Waals surface area (Å²) in [6.07, 6.45) is 0.00328. The number of hydrogen-bond donors (Lipinski definition) is 3. The van der Waals surface area contributed by atoms with Gasteiger partial charge in [0.15, 0.2) is 0 Å². The fourth-order valence-electron chi connectivity index (χ4n) is 1.82. The van der Waals surface area contributed by atoms with Gasteiger partial charge in [0.1, 0.15) is 5.69 Å². The highest BCUT2D eigenvalue weighted by Gasteiger charge is 2.18. The summed E-state index contributed by atoms with van der Waals surface area (Å²) < 4.78 is 0. The average molecular weight is 294 g/mol. The maximum atomic E-state index is 12.0. The van der Waals surface area contributed by atoms with E-state index in [-0.39, 0.29) is 17.7 Å². The Balaban J connectivity index is 2.93. The van der Waals surface area contributed by atoms with E-state index < -0.39 is 22.8 Å². The van der Waals surface area contributed by atoms with Crippen molar-refractivity contribution in [1.29, 1.82) is 0 Å². The summed E-state index contributed by atoms with van der Waals surface area (Å²) in [5, 5.41) is 16.4. The zero-order valence-electron chi connectivity index (χ0n) is 11.9. The van der Waals surface area contributed by atoms with Crippen molar-refractivity contribution in [2.75, 3.05) is 11.9 Å². The first-order valence-electron chi connectivity index (χ1n) is 6.46. The Hall–Kier alpha value is -2.64. The van der Waals surface area contributed by atoms with Crippen LogP contribution in [0.4, 0.5) is 11.4 Å². The Labute approximate surface area is 121 Å². The zero-order chi connectivity index (χ0) is 16.0. The van der Waals surface area contributed by atoms with Gasteiger partial charge >= 0.3 is 0 Å². The molecule has 0 aliphatic carbocycles. The summed E-state index contributed by atoms with van der Waals surface area (Å²) >= 11 is 0. The van der Waals surface area contributed by atoms with Gasteiger partial charge in [-0.25, -0.2) is 0 Å². The predicted molar refractivity (Wildman–Crippen MR) is 78.0 cm³/mol. The topological polar surface area (TPSA) is 127 Å². The Morgan fingerprint density at radius 3 is 2.62 bits per heavy atom. The summed E-state index contributed by atoms with van der Waals surface area (Å²) in [5.41, 5.74) is 5.37. The molecule has 1 rings (SSSR count). The number of nitro groups is 1. The summed E-state index contributed by atoms with van der Waals surface area (Å²) in [6, 6.07) is 3.72. The lowest BCUT2D eigenvalue weighted by atomic mass is 10.1. The van der Waals surface area contributed by atoms with Gasteiger partial charge in [-0.3, -0.25) is 19.7 Å². The van der Waals surface area contributed by atoms with Gasteiger partial charge < -0.3 is 16.4 Å². The van der Waals surface area contributed by atoms with Gasteiger partial charge in [-0.15, -0.1) is 0 Å². The second kappa shape index (κ2) is 7.22. The molecule has 0 heterocycles. The summed E-state index contributed by atoms with van der Waals surface area (Å²) in [6.45, 7) is 3.97. The predicted octanol–water partition coefficient (Wildman–Crippen LogP) is 1.02. The van der Waals surface area contributed by atoms with E-state index in [9.17, 15) is 19.7 Å². The van der Waals surface area contributed by atoms with Crippen molar-refractivity contribution in [3.05, 3.63) is 33.9 Å². The molecule has 21 heavy (non-hydrogen) atoms. The van der Waals surface area contributed by atoms with Crippen molar-refractivity contribution in [3.63, 3.8) is 0 Å². The number of carbonyl (C=O) groups excluding carboxylic acids is 2. The van der Waals surface area contributed by atoms with Crippen molar-refractivity contribution < 1.29 is 14.5 Å². The molecule has 1 atom stereocenters. The number of carbonyl (C=O) groups is 2. The van der Waals surface area contributed by atoms with Crippen molar-refractivity contribution in [3.8, 4) is 0 Å². The van der Waals surface area contributed by atoms with Gasteiger partial charge in [-0.05, 0) is 26.0 Å². The molecule has 8 nitrogen and oxygen atoms in total. The first-order valence-corrected chi connectivity index (χ1v) is 6.46. The van der Waals surface area contributed by atoms with E-state index in [1.54, 1.807) is 6.92 Å². The highest BCUT2D eigenvalue weighted by molar-refractivity contribution is 5.96. The molecular weight excluding hydrogens is 276 g/mol. The fraction of sp³-hybridized carbons (Fsp3) is 0.385. The molecule has 0 radical (unpaired) electrons. The lowest BCUT2D eigenvalue weighted by molar-refractivity contribution is -0.384. The molecule has 0 aromatic heterocycles. The average Bonchev–Trinajstić information content (AvgIpc) is 2.37. The molecule has 0 fully saturated rings. The van der Waals surface area contributed by atoms with Crippen LogP contribution >= 0.6 is 0 Å². The summed E-state index contributed by atoms with van der Waals surface area (Å²) in [5.74, 6) is -1.02. The largest absolute Gasteiger partial charge is 0.380 e.